The van der Waals surface area contributed by atoms with Crippen molar-refractivity contribution < 1.29 is 19.4 Å². The zero-order valence-electron chi connectivity index (χ0n) is 11.8. The van der Waals surface area contributed by atoms with Crippen LogP contribution >= 0.6 is 0 Å². The highest BCUT2D eigenvalue weighted by Crippen LogP contribution is 2.27. The fraction of sp³-hybridized carbons (Fsp3) is 0.429. The summed E-state index contributed by atoms with van der Waals surface area (Å²) in [6.45, 7) is 0.136. The standard InChI is InChI=1S/C14H17N3O5/c18-8-11-10(19)6-13(22-11)17-4-3-12(16-14(17)20)15-7-9-2-1-5-21-9/h1-5,10-11,13,18-19H,6-8H2,(H,15,16,20)/t10-,11+,13+/m0/s1. The SMILES string of the molecule is O=c1nc(NCc2ccco2)ccn1[C@H]1C[C@H](O)[C@@H](CO)O1. The first kappa shape index (κ1) is 14.8. The maximum absolute atomic E-state index is 12.1. The van der Waals surface area contributed by atoms with Crippen molar-refractivity contribution in [3.63, 3.8) is 0 Å². The van der Waals surface area contributed by atoms with E-state index in [1.807, 2.05) is 6.07 Å². The number of furan rings is 1. The van der Waals surface area contributed by atoms with Crippen LogP contribution in [0, 0.1) is 0 Å². The Hall–Kier alpha value is -2.16. The number of anilines is 1. The summed E-state index contributed by atoms with van der Waals surface area (Å²) in [6.07, 6.45) is 1.28. The van der Waals surface area contributed by atoms with E-state index in [4.69, 9.17) is 14.3 Å². The van der Waals surface area contributed by atoms with Crippen LogP contribution in [0.1, 0.15) is 18.4 Å². The van der Waals surface area contributed by atoms with E-state index in [0.29, 0.717) is 12.4 Å². The van der Waals surface area contributed by atoms with Gasteiger partial charge >= 0.3 is 5.69 Å². The Bertz CT molecular complexity index is 669. The minimum Gasteiger partial charge on any atom is -0.467 e. The van der Waals surface area contributed by atoms with Gasteiger partial charge in [0.1, 0.15) is 23.9 Å². The predicted octanol–water partition coefficient (Wildman–Crippen LogP) is 0.0891. The minimum absolute atomic E-state index is 0.242. The number of hydrogen-bond acceptors (Lipinski definition) is 7. The van der Waals surface area contributed by atoms with Crippen LogP contribution in [0.5, 0.6) is 0 Å². The largest absolute Gasteiger partial charge is 0.467 e. The second-order valence-corrected chi connectivity index (χ2v) is 5.05. The predicted molar refractivity (Wildman–Crippen MR) is 76.2 cm³/mol. The van der Waals surface area contributed by atoms with E-state index in [1.54, 1.807) is 24.6 Å². The van der Waals surface area contributed by atoms with Crippen LogP contribution in [-0.4, -0.2) is 38.6 Å². The van der Waals surface area contributed by atoms with Crippen LogP contribution in [0.15, 0.2) is 39.9 Å². The van der Waals surface area contributed by atoms with Gasteiger partial charge in [0.15, 0.2) is 0 Å². The molecule has 0 bridgehead atoms. The second-order valence-electron chi connectivity index (χ2n) is 5.05. The topological polar surface area (TPSA) is 110 Å². The lowest BCUT2D eigenvalue weighted by Crippen LogP contribution is -2.28. The number of ether oxygens (including phenoxy) is 1. The molecule has 3 rings (SSSR count). The van der Waals surface area contributed by atoms with E-state index in [2.05, 4.69) is 10.3 Å². The van der Waals surface area contributed by atoms with Gasteiger partial charge in [0.2, 0.25) is 0 Å². The van der Waals surface area contributed by atoms with Gasteiger partial charge in [-0.1, -0.05) is 0 Å². The molecule has 3 N–H and O–H groups in total. The van der Waals surface area contributed by atoms with Crippen molar-refractivity contribution in [2.75, 3.05) is 11.9 Å². The van der Waals surface area contributed by atoms with Crippen molar-refractivity contribution in [2.45, 2.75) is 31.4 Å². The Morgan fingerprint density at radius 2 is 2.32 bits per heavy atom. The van der Waals surface area contributed by atoms with Crippen LogP contribution in [0.25, 0.3) is 0 Å². The Kier molecular flexibility index (Phi) is 4.23. The lowest BCUT2D eigenvalue weighted by molar-refractivity contribution is -0.0458. The summed E-state index contributed by atoms with van der Waals surface area (Å²) < 4.78 is 11.9. The molecule has 1 aliphatic heterocycles. The van der Waals surface area contributed by atoms with Crippen LogP contribution in [0.3, 0.4) is 0 Å². The van der Waals surface area contributed by atoms with Gasteiger partial charge in [-0.05, 0) is 18.2 Å². The molecule has 0 radical (unpaired) electrons. The Labute approximate surface area is 126 Å². The van der Waals surface area contributed by atoms with Crippen LogP contribution in [0.2, 0.25) is 0 Å². The summed E-state index contributed by atoms with van der Waals surface area (Å²) in [5.74, 6) is 1.16. The average molecular weight is 307 g/mol. The van der Waals surface area contributed by atoms with Gasteiger partial charge < -0.3 is 24.7 Å². The molecule has 0 unspecified atom stereocenters. The van der Waals surface area contributed by atoms with E-state index in [1.165, 1.54) is 4.57 Å². The lowest BCUT2D eigenvalue weighted by Gasteiger charge is -2.14. The summed E-state index contributed by atoms with van der Waals surface area (Å²) >= 11 is 0. The molecule has 0 spiro atoms. The molecule has 8 heteroatoms. The zero-order chi connectivity index (χ0) is 15.5. The molecule has 8 nitrogen and oxygen atoms in total. The van der Waals surface area contributed by atoms with E-state index < -0.39 is 24.1 Å². The molecule has 22 heavy (non-hydrogen) atoms. The number of nitrogens with zero attached hydrogens (tertiary/aromatic N) is 2. The number of aliphatic hydroxyl groups is 2. The summed E-state index contributed by atoms with van der Waals surface area (Å²) in [4.78, 5) is 16.0. The Morgan fingerprint density at radius 3 is 2.95 bits per heavy atom. The number of aliphatic hydroxyl groups excluding tert-OH is 2. The fourth-order valence-electron chi connectivity index (χ4n) is 2.37. The van der Waals surface area contributed by atoms with Gasteiger partial charge in [0.05, 0.1) is 25.5 Å². The maximum atomic E-state index is 12.1. The Morgan fingerprint density at radius 1 is 1.45 bits per heavy atom. The zero-order valence-corrected chi connectivity index (χ0v) is 11.8. The summed E-state index contributed by atoms with van der Waals surface area (Å²) in [7, 11) is 0. The third kappa shape index (κ3) is 3.03. The molecule has 0 aliphatic carbocycles. The molecule has 118 valence electrons. The first-order valence-electron chi connectivity index (χ1n) is 6.97. The Balaban J connectivity index is 1.69. The first-order chi connectivity index (χ1) is 10.7. The molecule has 3 heterocycles. The highest BCUT2D eigenvalue weighted by Gasteiger charge is 2.34. The highest BCUT2D eigenvalue weighted by molar-refractivity contribution is 5.32. The van der Waals surface area contributed by atoms with E-state index in [0.717, 1.165) is 5.76 Å². The van der Waals surface area contributed by atoms with Crippen molar-refractivity contribution in [1.82, 2.24) is 9.55 Å². The lowest BCUT2D eigenvalue weighted by atomic mass is 10.2. The molecule has 0 amide bonds. The maximum Gasteiger partial charge on any atom is 0.351 e. The molecular formula is C14H17N3O5. The van der Waals surface area contributed by atoms with Crippen LogP contribution in [0.4, 0.5) is 5.82 Å². The van der Waals surface area contributed by atoms with Crippen LogP contribution in [-0.2, 0) is 11.3 Å². The van der Waals surface area contributed by atoms with E-state index >= 15 is 0 Å². The minimum atomic E-state index is -0.793. The molecule has 2 aromatic rings. The van der Waals surface area contributed by atoms with Crippen LogP contribution < -0.4 is 11.0 Å². The van der Waals surface area contributed by atoms with E-state index in [9.17, 15) is 9.90 Å². The number of aromatic nitrogens is 2. The fourth-order valence-corrected chi connectivity index (χ4v) is 2.37. The highest BCUT2D eigenvalue weighted by atomic mass is 16.5. The van der Waals surface area contributed by atoms with Gasteiger partial charge in [-0.15, -0.1) is 0 Å². The molecule has 1 fully saturated rings. The van der Waals surface area contributed by atoms with Crippen molar-refractivity contribution in [1.29, 1.82) is 0 Å². The normalized spacial score (nSPS) is 24.5. The molecule has 0 aromatic carbocycles. The molecular weight excluding hydrogens is 290 g/mol. The van der Waals surface area contributed by atoms with Gasteiger partial charge in [-0.25, -0.2) is 4.79 Å². The van der Waals surface area contributed by atoms with Gasteiger partial charge in [0.25, 0.3) is 0 Å². The van der Waals surface area contributed by atoms with Gasteiger partial charge in [-0.3, -0.25) is 4.57 Å². The van der Waals surface area contributed by atoms with Crippen molar-refractivity contribution in [3.05, 3.63) is 46.9 Å². The van der Waals surface area contributed by atoms with Gasteiger partial charge in [0, 0.05) is 12.6 Å². The molecule has 2 aromatic heterocycles. The summed E-state index contributed by atoms with van der Waals surface area (Å²) in [5, 5.41) is 21.8. The van der Waals surface area contributed by atoms with Crippen molar-refractivity contribution in [2.24, 2.45) is 0 Å². The quantitative estimate of drug-likeness (QED) is 0.718. The number of nitrogens with one attached hydrogen (secondary N) is 1. The molecule has 0 saturated carbocycles. The molecule has 1 aliphatic rings. The second kappa shape index (κ2) is 6.30. The van der Waals surface area contributed by atoms with E-state index in [-0.39, 0.29) is 13.0 Å². The van der Waals surface area contributed by atoms with Gasteiger partial charge in [-0.2, -0.15) is 4.98 Å². The smallest absolute Gasteiger partial charge is 0.351 e. The van der Waals surface area contributed by atoms with Crippen molar-refractivity contribution in [3.8, 4) is 0 Å². The summed E-state index contributed by atoms with van der Waals surface area (Å²) in [5.41, 5.74) is -0.486. The van der Waals surface area contributed by atoms with Crippen molar-refractivity contribution >= 4 is 5.82 Å². The average Bonchev–Trinajstić information content (AvgIpc) is 3.14. The summed E-state index contributed by atoms with van der Waals surface area (Å²) in [6, 6.07) is 5.24. The number of rotatable bonds is 5. The molecule has 3 atom stereocenters. The first-order valence-corrected chi connectivity index (χ1v) is 6.97. The molecule has 1 saturated heterocycles. The third-order valence-corrected chi connectivity index (χ3v) is 3.55. The third-order valence-electron chi connectivity index (χ3n) is 3.55. The monoisotopic (exact) mass is 307 g/mol. The number of hydrogen-bond donors (Lipinski definition) is 3.